The molecule has 1 aliphatic heterocycles. The van der Waals surface area contributed by atoms with Gasteiger partial charge in [-0.25, -0.2) is 8.42 Å². The van der Waals surface area contributed by atoms with E-state index < -0.39 is 10.0 Å². The number of nitrogens with zero attached hydrogens (tertiary/aromatic N) is 3. The van der Waals surface area contributed by atoms with Crippen molar-refractivity contribution in [2.45, 2.75) is 25.9 Å². The molecule has 0 saturated heterocycles. The predicted molar refractivity (Wildman–Crippen MR) is 91.5 cm³/mol. The normalized spacial score (nSPS) is 15.2. The van der Waals surface area contributed by atoms with Gasteiger partial charge in [-0.2, -0.15) is 5.10 Å². The van der Waals surface area contributed by atoms with Crippen molar-refractivity contribution >= 4 is 21.6 Å². The van der Waals surface area contributed by atoms with Gasteiger partial charge in [0.05, 0.1) is 18.5 Å². The number of carbonyl (C=O) groups excluding carboxylic acids is 1. The van der Waals surface area contributed by atoms with Gasteiger partial charge in [0, 0.05) is 30.5 Å². The molecule has 0 bridgehead atoms. The minimum Gasteiger partial charge on any atom is -0.348 e. The molecule has 2 aromatic rings. The van der Waals surface area contributed by atoms with E-state index in [9.17, 15) is 13.2 Å². The average molecular weight is 348 g/mol. The molecule has 1 N–H and O–H groups in total. The van der Waals surface area contributed by atoms with Gasteiger partial charge in [-0.1, -0.05) is 0 Å². The summed E-state index contributed by atoms with van der Waals surface area (Å²) < 4.78 is 26.6. The lowest BCUT2D eigenvalue weighted by Gasteiger charge is -2.17. The van der Waals surface area contributed by atoms with E-state index in [1.165, 1.54) is 10.6 Å². The highest BCUT2D eigenvalue weighted by molar-refractivity contribution is 7.92. The third-order valence-corrected chi connectivity index (χ3v) is 5.17. The highest BCUT2D eigenvalue weighted by atomic mass is 32.2. The Hall–Kier alpha value is -2.35. The summed E-state index contributed by atoms with van der Waals surface area (Å²) >= 11 is 0. The first-order chi connectivity index (χ1) is 11.3. The molecule has 1 amide bonds. The minimum atomic E-state index is -3.27. The van der Waals surface area contributed by atoms with Gasteiger partial charge in [0.15, 0.2) is 0 Å². The molecule has 1 atom stereocenters. The van der Waals surface area contributed by atoms with Crippen molar-refractivity contribution < 1.29 is 13.2 Å². The molecule has 1 aromatic carbocycles. The van der Waals surface area contributed by atoms with Crippen LogP contribution in [0, 0.1) is 0 Å². The van der Waals surface area contributed by atoms with Gasteiger partial charge in [-0.3, -0.25) is 13.8 Å². The maximum atomic E-state index is 12.4. The second-order valence-corrected chi connectivity index (χ2v) is 7.94. The Bertz CT molecular complexity index is 846. The van der Waals surface area contributed by atoms with Crippen LogP contribution in [-0.4, -0.2) is 42.9 Å². The quantitative estimate of drug-likeness (QED) is 0.874. The third-order valence-electron chi connectivity index (χ3n) is 3.99. The van der Waals surface area contributed by atoms with Crippen LogP contribution < -0.4 is 9.62 Å². The number of benzene rings is 1. The predicted octanol–water partition coefficient (Wildman–Crippen LogP) is 1.02. The summed E-state index contributed by atoms with van der Waals surface area (Å²) in [4.78, 5) is 12.4. The largest absolute Gasteiger partial charge is 0.348 e. The molecule has 1 aliphatic rings. The zero-order chi connectivity index (χ0) is 17.3. The monoisotopic (exact) mass is 348 g/mol. The zero-order valence-electron chi connectivity index (χ0n) is 13.6. The van der Waals surface area contributed by atoms with E-state index in [2.05, 4.69) is 10.4 Å². The number of amides is 1. The number of fused-ring (bicyclic) bond motifs is 1. The molecule has 3 rings (SSSR count). The van der Waals surface area contributed by atoms with Crippen molar-refractivity contribution in [2.75, 3.05) is 17.1 Å². The molecule has 128 valence electrons. The van der Waals surface area contributed by atoms with E-state index in [-0.39, 0.29) is 11.9 Å². The van der Waals surface area contributed by atoms with Crippen molar-refractivity contribution in [1.82, 2.24) is 15.1 Å². The molecule has 1 aromatic heterocycles. The first-order valence-electron chi connectivity index (χ1n) is 7.73. The second kappa shape index (κ2) is 6.27. The molecule has 0 fully saturated rings. The van der Waals surface area contributed by atoms with Crippen LogP contribution in [0.2, 0.25) is 0 Å². The van der Waals surface area contributed by atoms with Crippen molar-refractivity contribution in [3.05, 3.63) is 47.8 Å². The number of hydrogen-bond acceptors (Lipinski definition) is 4. The number of carbonyl (C=O) groups is 1. The second-order valence-electron chi connectivity index (χ2n) is 6.03. The molecular formula is C16H20N4O3S. The third kappa shape index (κ3) is 3.43. The van der Waals surface area contributed by atoms with Crippen LogP contribution in [-0.2, 0) is 23.0 Å². The van der Waals surface area contributed by atoms with Crippen molar-refractivity contribution in [1.29, 1.82) is 0 Å². The highest BCUT2D eigenvalue weighted by Gasteiger charge is 2.26. The molecule has 0 aliphatic carbocycles. The summed E-state index contributed by atoms with van der Waals surface area (Å²) in [5.41, 5.74) is 2.09. The number of sulfonamides is 1. The lowest BCUT2D eigenvalue weighted by atomic mass is 10.1. The SMILES string of the molecule is C[C@H](Cn1cccn1)NC(=O)c1ccc2c(c1)CCN2S(C)(=O)=O. The van der Waals surface area contributed by atoms with E-state index in [1.54, 1.807) is 29.1 Å². The number of hydrogen-bond donors (Lipinski definition) is 1. The Morgan fingerprint density at radius 2 is 2.21 bits per heavy atom. The van der Waals surface area contributed by atoms with Gasteiger partial charge in [0.25, 0.3) is 5.91 Å². The fourth-order valence-electron chi connectivity index (χ4n) is 2.90. The first kappa shape index (κ1) is 16.5. The molecule has 2 heterocycles. The fraction of sp³-hybridized carbons (Fsp3) is 0.375. The maximum absolute atomic E-state index is 12.4. The minimum absolute atomic E-state index is 0.0711. The van der Waals surface area contributed by atoms with Crippen LogP contribution in [0.4, 0.5) is 5.69 Å². The van der Waals surface area contributed by atoms with Crippen LogP contribution in [0.5, 0.6) is 0 Å². The zero-order valence-corrected chi connectivity index (χ0v) is 14.5. The van der Waals surface area contributed by atoms with E-state index in [0.717, 1.165) is 5.56 Å². The van der Waals surface area contributed by atoms with Gasteiger partial charge in [-0.05, 0) is 43.2 Å². The van der Waals surface area contributed by atoms with Gasteiger partial charge in [-0.15, -0.1) is 0 Å². The molecular weight excluding hydrogens is 328 g/mol. The molecule has 7 nitrogen and oxygen atoms in total. The van der Waals surface area contributed by atoms with Crippen molar-refractivity contribution in [3.63, 3.8) is 0 Å². The fourth-order valence-corrected chi connectivity index (χ4v) is 3.86. The van der Waals surface area contributed by atoms with Crippen molar-refractivity contribution in [2.24, 2.45) is 0 Å². The molecule has 0 unspecified atom stereocenters. The summed E-state index contributed by atoms with van der Waals surface area (Å²) in [6, 6.07) is 6.91. The summed E-state index contributed by atoms with van der Waals surface area (Å²) in [6.45, 7) is 2.93. The molecule has 24 heavy (non-hydrogen) atoms. The van der Waals surface area contributed by atoms with E-state index in [0.29, 0.717) is 30.8 Å². The van der Waals surface area contributed by atoms with Crippen LogP contribution in [0.15, 0.2) is 36.7 Å². The smallest absolute Gasteiger partial charge is 0.251 e. The van der Waals surface area contributed by atoms with Gasteiger partial charge >= 0.3 is 0 Å². The Balaban J connectivity index is 1.71. The summed E-state index contributed by atoms with van der Waals surface area (Å²) in [5.74, 6) is -0.171. The molecule has 0 spiro atoms. The Kier molecular flexibility index (Phi) is 4.31. The summed E-state index contributed by atoms with van der Waals surface area (Å²) in [5, 5.41) is 7.05. The summed E-state index contributed by atoms with van der Waals surface area (Å²) in [7, 11) is -3.27. The lowest BCUT2D eigenvalue weighted by Crippen LogP contribution is -2.35. The Morgan fingerprint density at radius 1 is 1.42 bits per heavy atom. The highest BCUT2D eigenvalue weighted by Crippen LogP contribution is 2.30. The Morgan fingerprint density at radius 3 is 2.88 bits per heavy atom. The number of anilines is 1. The van der Waals surface area contributed by atoms with Crippen molar-refractivity contribution in [3.8, 4) is 0 Å². The van der Waals surface area contributed by atoms with Crippen LogP contribution in [0.1, 0.15) is 22.8 Å². The van der Waals surface area contributed by atoms with Gasteiger partial charge < -0.3 is 5.32 Å². The number of nitrogens with one attached hydrogen (secondary N) is 1. The molecule has 0 saturated carbocycles. The Labute approximate surface area is 141 Å². The molecule has 0 radical (unpaired) electrons. The van der Waals surface area contributed by atoms with Crippen LogP contribution in [0.3, 0.4) is 0 Å². The number of aromatic nitrogens is 2. The van der Waals surface area contributed by atoms with E-state index >= 15 is 0 Å². The molecule has 8 heteroatoms. The van der Waals surface area contributed by atoms with Gasteiger partial charge in [0.1, 0.15) is 0 Å². The number of rotatable bonds is 5. The maximum Gasteiger partial charge on any atom is 0.251 e. The van der Waals surface area contributed by atoms with E-state index in [4.69, 9.17) is 0 Å². The van der Waals surface area contributed by atoms with E-state index in [1.807, 2.05) is 19.2 Å². The van der Waals surface area contributed by atoms with Crippen LogP contribution in [0.25, 0.3) is 0 Å². The lowest BCUT2D eigenvalue weighted by molar-refractivity contribution is 0.0936. The standard InChI is InChI=1S/C16H20N4O3S/c1-12(11-19-8-3-7-17-19)18-16(21)14-4-5-15-13(10-14)6-9-20(15)24(2,22)23/h3-5,7-8,10,12H,6,9,11H2,1-2H3,(H,18,21)/t12-/m1/s1. The van der Waals surface area contributed by atoms with Crippen LogP contribution >= 0.6 is 0 Å². The van der Waals surface area contributed by atoms with Gasteiger partial charge in [0.2, 0.25) is 10.0 Å². The first-order valence-corrected chi connectivity index (χ1v) is 9.58. The topological polar surface area (TPSA) is 84.3 Å². The average Bonchev–Trinajstić information content (AvgIpc) is 3.14. The summed E-state index contributed by atoms with van der Waals surface area (Å²) in [6.07, 6.45) is 5.35.